The first kappa shape index (κ1) is 32.6. The second kappa shape index (κ2) is 14.5. The molecule has 0 N–H and O–H groups in total. The van der Waals surface area contributed by atoms with Crippen LogP contribution in [0.15, 0.2) is 121 Å². The lowest BCUT2D eigenvalue weighted by Crippen LogP contribution is -2.36. The molecule has 0 bridgehead atoms. The number of hydrogen-bond donors (Lipinski definition) is 0. The van der Waals surface area contributed by atoms with Crippen LogP contribution in [0.4, 0.5) is 0 Å². The Labute approximate surface area is 255 Å². The zero-order valence-corrected chi connectivity index (χ0v) is 27.0. The maximum absolute atomic E-state index is 15.0. The fourth-order valence-corrected chi connectivity index (χ4v) is 9.41. The maximum atomic E-state index is 15.0. The Balaban J connectivity index is 1.78. The van der Waals surface area contributed by atoms with E-state index in [-0.39, 0.29) is 12.8 Å². The van der Waals surface area contributed by atoms with E-state index in [2.05, 4.69) is 0 Å². The topological polar surface area (TPSA) is 78.9 Å². The highest BCUT2D eigenvalue weighted by Crippen LogP contribution is 2.51. The number of esters is 1. The van der Waals surface area contributed by atoms with Crippen LogP contribution in [-0.2, 0) is 27.7 Å². The van der Waals surface area contributed by atoms with Crippen LogP contribution in [0.1, 0.15) is 47.0 Å². The second-order valence-corrected chi connectivity index (χ2v) is 16.0. The molecule has 6 nitrogen and oxygen atoms in total. The maximum Gasteiger partial charge on any atom is 0.306 e. The molecule has 0 spiro atoms. The largest absolute Gasteiger partial charge is 0.460 e. The molecule has 0 aliphatic heterocycles. The molecular formula is C35H40O6P2. The number of ether oxygens (including phenoxy) is 1. The van der Waals surface area contributed by atoms with E-state index in [0.717, 1.165) is 0 Å². The van der Waals surface area contributed by atoms with E-state index in [1.54, 1.807) is 48.5 Å². The van der Waals surface area contributed by atoms with E-state index in [1.165, 1.54) is 0 Å². The van der Waals surface area contributed by atoms with Crippen molar-refractivity contribution in [2.24, 2.45) is 0 Å². The van der Waals surface area contributed by atoms with Crippen LogP contribution in [0.3, 0.4) is 0 Å². The van der Waals surface area contributed by atoms with Gasteiger partial charge in [-0.3, -0.25) is 13.9 Å². The van der Waals surface area contributed by atoms with Crippen LogP contribution < -0.4 is 21.2 Å². The van der Waals surface area contributed by atoms with Crippen molar-refractivity contribution in [3.8, 4) is 0 Å². The van der Waals surface area contributed by atoms with E-state index >= 15 is 0 Å². The minimum Gasteiger partial charge on any atom is -0.460 e. The van der Waals surface area contributed by atoms with Crippen LogP contribution >= 0.6 is 14.7 Å². The summed E-state index contributed by atoms with van der Waals surface area (Å²) in [7, 11) is -7.31. The molecule has 0 aliphatic rings. The highest BCUT2D eigenvalue weighted by atomic mass is 31.2. The normalized spacial score (nSPS) is 13.7. The zero-order chi connectivity index (χ0) is 30.9. The molecule has 4 aromatic carbocycles. The van der Waals surface area contributed by atoms with Gasteiger partial charge in [-0.25, -0.2) is 0 Å². The Kier molecular flexibility index (Phi) is 11.0. The average molecular weight is 619 g/mol. The lowest BCUT2D eigenvalue weighted by atomic mass is 10.1. The Bertz CT molecular complexity index is 1450. The summed E-state index contributed by atoms with van der Waals surface area (Å²) in [6.07, 6.45) is -1.07. The van der Waals surface area contributed by atoms with Crippen molar-refractivity contribution in [1.29, 1.82) is 0 Å². The van der Waals surface area contributed by atoms with Gasteiger partial charge in [-0.05, 0) is 82.1 Å². The molecule has 0 unspecified atom stereocenters. The minimum atomic E-state index is -3.68. The molecule has 0 amide bonds. The molecule has 0 aliphatic carbocycles. The van der Waals surface area contributed by atoms with Crippen molar-refractivity contribution in [2.75, 3.05) is 0 Å². The van der Waals surface area contributed by atoms with Gasteiger partial charge >= 0.3 is 5.97 Å². The van der Waals surface area contributed by atoms with Gasteiger partial charge in [0.1, 0.15) is 5.60 Å². The van der Waals surface area contributed by atoms with Crippen molar-refractivity contribution < 1.29 is 27.7 Å². The predicted octanol–water partition coefficient (Wildman–Crippen LogP) is 7.15. The monoisotopic (exact) mass is 618 g/mol. The fraction of sp³-hybridized carbons (Fsp3) is 0.286. The molecule has 0 aromatic heterocycles. The van der Waals surface area contributed by atoms with Gasteiger partial charge in [0.05, 0.1) is 12.2 Å². The summed E-state index contributed by atoms with van der Waals surface area (Å²) >= 11 is 0. The van der Waals surface area contributed by atoms with Gasteiger partial charge in [-0.15, -0.1) is 0 Å². The van der Waals surface area contributed by atoms with Gasteiger partial charge in [0.15, 0.2) is 0 Å². The second-order valence-electron chi connectivity index (χ2n) is 11.3. The van der Waals surface area contributed by atoms with Crippen molar-refractivity contribution in [3.63, 3.8) is 0 Å². The lowest BCUT2D eigenvalue weighted by molar-refractivity contribution is -0.155. The molecule has 8 heteroatoms. The summed E-state index contributed by atoms with van der Waals surface area (Å²) < 4.78 is 48.7. The van der Waals surface area contributed by atoms with Crippen molar-refractivity contribution >= 4 is 41.9 Å². The summed E-state index contributed by atoms with van der Waals surface area (Å²) in [4.78, 5) is 12.9. The number of carbonyl (C=O) groups excluding carboxylic acids is 1. The third-order valence-electron chi connectivity index (χ3n) is 6.82. The Morgan fingerprint density at radius 1 is 0.605 bits per heavy atom. The first-order chi connectivity index (χ1) is 20.5. The van der Waals surface area contributed by atoms with Crippen LogP contribution in [-0.4, -0.2) is 23.8 Å². The van der Waals surface area contributed by atoms with Crippen molar-refractivity contribution in [1.82, 2.24) is 0 Å². The van der Waals surface area contributed by atoms with Crippen LogP contribution in [0.5, 0.6) is 0 Å². The summed E-state index contributed by atoms with van der Waals surface area (Å²) in [5.74, 6) is -0.403. The van der Waals surface area contributed by atoms with Crippen molar-refractivity contribution in [2.45, 2.75) is 64.8 Å². The molecule has 4 aromatic rings. The van der Waals surface area contributed by atoms with Crippen molar-refractivity contribution in [3.05, 3.63) is 121 Å². The molecule has 0 saturated heterocycles. The van der Waals surface area contributed by atoms with Gasteiger partial charge in [-0.2, -0.15) is 0 Å². The lowest BCUT2D eigenvalue weighted by Gasteiger charge is -2.33. The first-order valence-electron chi connectivity index (χ1n) is 14.6. The summed E-state index contributed by atoms with van der Waals surface area (Å²) in [6, 6.07) is 36.2. The number of hydrogen-bond acceptors (Lipinski definition) is 6. The van der Waals surface area contributed by atoms with Gasteiger partial charge in [0.25, 0.3) is 14.7 Å². The molecular weight excluding hydrogens is 578 g/mol. The van der Waals surface area contributed by atoms with Crippen LogP contribution in [0.2, 0.25) is 0 Å². The summed E-state index contributed by atoms with van der Waals surface area (Å²) in [5.41, 5.74) is -0.659. The van der Waals surface area contributed by atoms with Gasteiger partial charge in [0, 0.05) is 27.6 Å². The number of carbonyl (C=O) groups is 1. The van der Waals surface area contributed by atoms with Crippen LogP contribution in [0.25, 0.3) is 0 Å². The average Bonchev–Trinajstić information content (AvgIpc) is 3.02. The van der Waals surface area contributed by atoms with Crippen LogP contribution in [0, 0.1) is 0 Å². The fourth-order valence-electron chi connectivity index (χ4n) is 4.78. The molecule has 4 rings (SSSR count). The first-order valence-corrected chi connectivity index (χ1v) is 17.8. The number of benzene rings is 4. The minimum absolute atomic E-state index is 0.00630. The molecule has 0 saturated carbocycles. The third kappa shape index (κ3) is 8.43. The Morgan fingerprint density at radius 2 is 0.930 bits per heavy atom. The van der Waals surface area contributed by atoms with E-state index in [4.69, 9.17) is 13.8 Å². The Morgan fingerprint density at radius 3 is 1.23 bits per heavy atom. The number of rotatable bonds is 13. The standard InChI is InChI=1S/C35H40O6P2/c1-5-32(40-42(37,28-18-10-6-11-19-28)29-20-12-7-13-21-29)33(26-27-34(36)39-35(2,3)4)41-43(38,30-22-14-8-15-23-30)31-24-16-9-17-25-31/h6-25,32-33H,5,26-27H2,1-4H3/t32-,33-/m1/s1. The Hall–Kier alpha value is -3.27. The predicted molar refractivity (Wildman–Crippen MR) is 175 cm³/mol. The molecule has 0 fully saturated rings. The van der Waals surface area contributed by atoms with Gasteiger partial charge in [-0.1, -0.05) is 79.7 Å². The van der Waals surface area contributed by atoms with E-state index in [9.17, 15) is 13.9 Å². The third-order valence-corrected chi connectivity index (χ3v) is 11.9. The van der Waals surface area contributed by atoms with Gasteiger partial charge < -0.3 is 13.8 Å². The highest BCUT2D eigenvalue weighted by molar-refractivity contribution is 7.74. The quantitative estimate of drug-likeness (QED) is 0.117. The molecule has 0 radical (unpaired) electrons. The van der Waals surface area contributed by atoms with E-state index in [1.807, 2.05) is 100 Å². The van der Waals surface area contributed by atoms with E-state index in [0.29, 0.717) is 27.6 Å². The molecule has 0 heterocycles. The SMILES string of the molecule is CC[C@@H](OP(=O)(c1ccccc1)c1ccccc1)[C@@H](CCC(=O)OC(C)(C)C)OP(=O)(c1ccccc1)c1ccccc1. The van der Waals surface area contributed by atoms with Gasteiger partial charge in [0.2, 0.25) is 0 Å². The van der Waals surface area contributed by atoms with E-state index < -0.39 is 38.5 Å². The molecule has 226 valence electrons. The summed E-state index contributed by atoms with van der Waals surface area (Å²) in [5, 5.41) is 2.12. The summed E-state index contributed by atoms with van der Waals surface area (Å²) in [6.45, 7) is 7.34. The highest BCUT2D eigenvalue weighted by Gasteiger charge is 2.40. The molecule has 2 atom stereocenters. The zero-order valence-electron chi connectivity index (χ0n) is 25.2. The smallest absolute Gasteiger partial charge is 0.306 e. The molecule has 43 heavy (non-hydrogen) atoms.